The molecule has 0 fully saturated rings. The van der Waals surface area contributed by atoms with Gasteiger partial charge in [-0.3, -0.25) is 0 Å². The minimum atomic E-state index is 0.596. The molecule has 0 atom stereocenters. The van der Waals surface area contributed by atoms with Crippen LogP contribution in [0.25, 0.3) is 0 Å². The smallest absolute Gasteiger partial charge is 0.163 e. The van der Waals surface area contributed by atoms with Gasteiger partial charge in [-0.05, 0) is 54.0 Å². The van der Waals surface area contributed by atoms with Crippen molar-refractivity contribution in [2.45, 2.75) is 13.8 Å². The second kappa shape index (κ2) is 7.14. The average Bonchev–Trinajstić information content (AvgIpc) is 2.42. The Morgan fingerprint density at radius 3 is 2.50 bits per heavy atom. The summed E-state index contributed by atoms with van der Waals surface area (Å²) in [6.07, 6.45) is 0. The predicted octanol–water partition coefficient (Wildman–Crippen LogP) is 4.39. The zero-order valence-electron chi connectivity index (χ0n) is 11.5. The molecular weight excluding hydrogens is 320 g/mol. The molecule has 0 aliphatic rings. The normalized spacial score (nSPS) is 10.2. The standard InChI is InChI=1S/C15H17BrN2O2/c1-3-19-12-9-8-11(10-13(12)20-4-2)17-15-7-5-6-14(16)18-15/h5-10H,3-4H2,1-2H3,(H,17,18). The fourth-order valence-electron chi connectivity index (χ4n) is 1.75. The highest BCUT2D eigenvalue weighted by Crippen LogP contribution is 2.31. The number of nitrogens with zero attached hydrogens (tertiary/aromatic N) is 1. The molecule has 0 aliphatic carbocycles. The summed E-state index contributed by atoms with van der Waals surface area (Å²) in [5.74, 6) is 2.25. The van der Waals surface area contributed by atoms with Crippen molar-refractivity contribution in [2.75, 3.05) is 18.5 Å². The first-order valence-corrected chi connectivity index (χ1v) is 7.31. The Balaban J connectivity index is 2.22. The Labute approximate surface area is 127 Å². The van der Waals surface area contributed by atoms with E-state index in [1.807, 2.05) is 50.2 Å². The van der Waals surface area contributed by atoms with Crippen LogP contribution in [-0.2, 0) is 0 Å². The van der Waals surface area contributed by atoms with Crippen LogP contribution in [0, 0.1) is 0 Å². The van der Waals surface area contributed by atoms with Gasteiger partial charge < -0.3 is 14.8 Å². The van der Waals surface area contributed by atoms with E-state index in [0.29, 0.717) is 13.2 Å². The van der Waals surface area contributed by atoms with Crippen molar-refractivity contribution in [1.82, 2.24) is 4.98 Å². The van der Waals surface area contributed by atoms with E-state index in [1.165, 1.54) is 0 Å². The molecule has 0 saturated carbocycles. The van der Waals surface area contributed by atoms with Crippen LogP contribution in [0.15, 0.2) is 41.0 Å². The van der Waals surface area contributed by atoms with E-state index in [9.17, 15) is 0 Å². The summed E-state index contributed by atoms with van der Waals surface area (Å²) in [6, 6.07) is 11.5. The molecule has 1 N–H and O–H groups in total. The first-order chi connectivity index (χ1) is 9.72. The molecule has 1 aromatic heterocycles. The van der Waals surface area contributed by atoms with Gasteiger partial charge in [-0.1, -0.05) is 6.07 Å². The van der Waals surface area contributed by atoms with Gasteiger partial charge in [-0.15, -0.1) is 0 Å². The summed E-state index contributed by atoms with van der Waals surface area (Å²) >= 11 is 3.35. The molecular formula is C15H17BrN2O2. The number of nitrogens with one attached hydrogen (secondary N) is 1. The molecule has 4 nitrogen and oxygen atoms in total. The van der Waals surface area contributed by atoms with Crippen molar-refractivity contribution in [3.8, 4) is 11.5 Å². The van der Waals surface area contributed by atoms with Gasteiger partial charge in [0.2, 0.25) is 0 Å². The molecule has 0 amide bonds. The Bertz CT molecular complexity index is 576. The predicted molar refractivity (Wildman–Crippen MR) is 84.0 cm³/mol. The lowest BCUT2D eigenvalue weighted by Gasteiger charge is -2.13. The maximum atomic E-state index is 5.60. The molecule has 1 heterocycles. The van der Waals surface area contributed by atoms with Gasteiger partial charge >= 0.3 is 0 Å². The monoisotopic (exact) mass is 336 g/mol. The van der Waals surface area contributed by atoms with Crippen LogP contribution < -0.4 is 14.8 Å². The summed E-state index contributed by atoms with van der Waals surface area (Å²) in [7, 11) is 0. The number of anilines is 2. The molecule has 0 bridgehead atoms. The first-order valence-electron chi connectivity index (χ1n) is 6.52. The van der Waals surface area contributed by atoms with Crippen molar-refractivity contribution < 1.29 is 9.47 Å². The Kier molecular flexibility index (Phi) is 5.24. The maximum Gasteiger partial charge on any atom is 0.163 e. The highest BCUT2D eigenvalue weighted by Gasteiger charge is 2.06. The third-order valence-corrected chi connectivity index (χ3v) is 2.97. The third kappa shape index (κ3) is 3.87. The summed E-state index contributed by atoms with van der Waals surface area (Å²) in [4.78, 5) is 4.34. The van der Waals surface area contributed by atoms with E-state index in [2.05, 4.69) is 26.2 Å². The van der Waals surface area contributed by atoms with E-state index in [0.717, 1.165) is 27.6 Å². The van der Waals surface area contributed by atoms with Crippen molar-refractivity contribution in [3.63, 3.8) is 0 Å². The lowest BCUT2D eigenvalue weighted by Crippen LogP contribution is -2.00. The molecule has 2 aromatic rings. The number of ether oxygens (including phenoxy) is 2. The van der Waals surface area contributed by atoms with E-state index in [-0.39, 0.29) is 0 Å². The van der Waals surface area contributed by atoms with Gasteiger partial charge in [-0.2, -0.15) is 0 Å². The van der Waals surface area contributed by atoms with Gasteiger partial charge in [0.15, 0.2) is 11.5 Å². The van der Waals surface area contributed by atoms with Gasteiger partial charge in [0.05, 0.1) is 13.2 Å². The van der Waals surface area contributed by atoms with E-state index in [1.54, 1.807) is 0 Å². The molecule has 1 aromatic carbocycles. The maximum absolute atomic E-state index is 5.60. The zero-order valence-corrected chi connectivity index (χ0v) is 13.1. The molecule has 20 heavy (non-hydrogen) atoms. The largest absolute Gasteiger partial charge is 0.490 e. The van der Waals surface area contributed by atoms with Crippen LogP contribution in [0.5, 0.6) is 11.5 Å². The number of hydrogen-bond donors (Lipinski definition) is 1. The fourth-order valence-corrected chi connectivity index (χ4v) is 2.10. The van der Waals surface area contributed by atoms with E-state index < -0.39 is 0 Å². The third-order valence-electron chi connectivity index (χ3n) is 2.53. The first kappa shape index (κ1) is 14.7. The Hall–Kier alpha value is -1.75. The molecule has 5 heteroatoms. The number of benzene rings is 1. The van der Waals surface area contributed by atoms with Crippen molar-refractivity contribution >= 4 is 27.4 Å². The quantitative estimate of drug-likeness (QED) is 0.794. The van der Waals surface area contributed by atoms with Crippen molar-refractivity contribution in [3.05, 3.63) is 41.0 Å². The van der Waals surface area contributed by atoms with Gasteiger partial charge in [0.25, 0.3) is 0 Å². The van der Waals surface area contributed by atoms with Crippen LogP contribution in [-0.4, -0.2) is 18.2 Å². The molecule has 106 valence electrons. The second-order valence-corrected chi connectivity index (χ2v) is 4.81. The molecule has 0 unspecified atom stereocenters. The lowest BCUT2D eigenvalue weighted by molar-refractivity contribution is 0.288. The average molecular weight is 337 g/mol. The summed E-state index contributed by atoms with van der Waals surface area (Å²) in [5.41, 5.74) is 0.905. The molecule has 0 aliphatic heterocycles. The number of rotatable bonds is 6. The minimum Gasteiger partial charge on any atom is -0.490 e. The lowest BCUT2D eigenvalue weighted by atomic mass is 10.2. The molecule has 0 saturated heterocycles. The number of aromatic nitrogens is 1. The van der Waals surface area contributed by atoms with Crippen LogP contribution in [0.4, 0.5) is 11.5 Å². The Morgan fingerprint density at radius 1 is 1.05 bits per heavy atom. The summed E-state index contributed by atoms with van der Waals surface area (Å²) < 4.78 is 11.9. The number of halogens is 1. The van der Waals surface area contributed by atoms with Gasteiger partial charge in [0, 0.05) is 11.8 Å². The van der Waals surface area contributed by atoms with Gasteiger partial charge in [0.1, 0.15) is 10.4 Å². The van der Waals surface area contributed by atoms with Crippen LogP contribution in [0.1, 0.15) is 13.8 Å². The van der Waals surface area contributed by atoms with E-state index >= 15 is 0 Å². The highest BCUT2D eigenvalue weighted by molar-refractivity contribution is 9.10. The van der Waals surface area contributed by atoms with E-state index in [4.69, 9.17) is 9.47 Å². The minimum absolute atomic E-state index is 0.596. The Morgan fingerprint density at radius 2 is 1.80 bits per heavy atom. The molecule has 0 radical (unpaired) electrons. The SMILES string of the molecule is CCOc1ccc(Nc2cccc(Br)n2)cc1OCC. The second-order valence-electron chi connectivity index (χ2n) is 4.00. The fraction of sp³-hybridized carbons (Fsp3) is 0.267. The van der Waals surface area contributed by atoms with Crippen LogP contribution in [0.3, 0.4) is 0 Å². The highest BCUT2D eigenvalue weighted by atomic mass is 79.9. The molecule has 0 spiro atoms. The zero-order chi connectivity index (χ0) is 14.4. The topological polar surface area (TPSA) is 43.4 Å². The van der Waals surface area contributed by atoms with Crippen LogP contribution in [0.2, 0.25) is 0 Å². The van der Waals surface area contributed by atoms with Crippen molar-refractivity contribution in [2.24, 2.45) is 0 Å². The number of hydrogen-bond acceptors (Lipinski definition) is 4. The van der Waals surface area contributed by atoms with Crippen molar-refractivity contribution in [1.29, 1.82) is 0 Å². The number of pyridine rings is 1. The molecule has 2 rings (SSSR count). The summed E-state index contributed by atoms with van der Waals surface area (Å²) in [5, 5.41) is 3.24. The summed E-state index contributed by atoms with van der Waals surface area (Å²) in [6.45, 7) is 5.11. The van der Waals surface area contributed by atoms with Crippen LogP contribution >= 0.6 is 15.9 Å². The van der Waals surface area contributed by atoms with Gasteiger partial charge in [-0.25, -0.2) is 4.98 Å².